The highest BCUT2D eigenvalue weighted by atomic mass is 16.5. The Morgan fingerprint density at radius 1 is 1.31 bits per heavy atom. The third-order valence-electron chi connectivity index (χ3n) is 5.96. The first kappa shape index (κ1) is 24.7. The van der Waals surface area contributed by atoms with Crippen molar-refractivity contribution in [3.8, 4) is 17.0 Å². The summed E-state index contributed by atoms with van der Waals surface area (Å²) in [5.41, 5.74) is 11.7. The smallest absolute Gasteiger partial charge is 0.219 e. The first-order valence-electron chi connectivity index (χ1n) is 11.8. The van der Waals surface area contributed by atoms with Crippen molar-refractivity contribution in [1.29, 1.82) is 0 Å². The number of nitrogens with zero attached hydrogens (tertiary/aromatic N) is 5. The van der Waals surface area contributed by atoms with Gasteiger partial charge in [0, 0.05) is 42.5 Å². The molecule has 2 aromatic heterocycles. The molecule has 1 aliphatic heterocycles. The number of hydrogen-bond acceptors (Lipinski definition) is 7. The van der Waals surface area contributed by atoms with Gasteiger partial charge in [0.05, 0.1) is 35.1 Å². The number of aromatic amines is 1. The fourth-order valence-electron chi connectivity index (χ4n) is 4.22. The average Bonchev–Trinajstić information content (AvgIpc) is 3.34. The summed E-state index contributed by atoms with van der Waals surface area (Å²) in [6, 6.07) is 6.12. The second-order valence-electron chi connectivity index (χ2n) is 9.97. The van der Waals surface area contributed by atoms with Gasteiger partial charge in [-0.25, -0.2) is 4.68 Å². The zero-order valence-electron chi connectivity index (χ0n) is 21.3. The molecule has 0 saturated carbocycles. The Balaban J connectivity index is 1.84. The van der Waals surface area contributed by atoms with E-state index in [1.165, 1.54) is 0 Å². The minimum atomic E-state index is -0.899. The molecule has 0 fully saturated rings. The maximum absolute atomic E-state index is 10.2. The van der Waals surface area contributed by atoms with Crippen LogP contribution in [-0.4, -0.2) is 74.1 Å². The lowest BCUT2D eigenvalue weighted by Gasteiger charge is -2.24. The lowest BCUT2D eigenvalue weighted by Crippen LogP contribution is -2.34. The summed E-state index contributed by atoms with van der Waals surface area (Å²) in [6.45, 7) is 8.93. The molecule has 186 valence electrons. The molecule has 9 heteroatoms. The third kappa shape index (κ3) is 5.63. The zero-order chi connectivity index (χ0) is 25.3. The molecule has 4 rings (SSSR count). The summed E-state index contributed by atoms with van der Waals surface area (Å²) in [4.78, 5) is 6.74. The van der Waals surface area contributed by atoms with Gasteiger partial charge in [0.25, 0.3) is 0 Å². The second-order valence-corrected chi connectivity index (χ2v) is 9.97. The molecule has 3 aromatic rings. The maximum atomic E-state index is 10.2. The van der Waals surface area contributed by atoms with Crippen molar-refractivity contribution >= 4 is 22.7 Å². The number of H-pyrrole nitrogens is 1. The maximum Gasteiger partial charge on any atom is 0.219 e. The van der Waals surface area contributed by atoms with Crippen LogP contribution in [0.1, 0.15) is 33.4 Å². The molecular weight excluding hydrogens is 442 g/mol. The van der Waals surface area contributed by atoms with Crippen LogP contribution in [0.4, 0.5) is 0 Å². The van der Waals surface area contributed by atoms with Gasteiger partial charge in [0.1, 0.15) is 6.10 Å². The number of nitrogens with two attached hydrogens (primary N) is 1. The number of ether oxygens (including phenoxy) is 1. The van der Waals surface area contributed by atoms with Crippen LogP contribution >= 0.6 is 0 Å². The number of aliphatic hydroxyl groups is 1. The molecule has 35 heavy (non-hydrogen) atoms. The van der Waals surface area contributed by atoms with E-state index < -0.39 is 5.60 Å². The summed E-state index contributed by atoms with van der Waals surface area (Å²) in [5.74, 6) is 0.722. The Labute approximate surface area is 206 Å². The molecule has 1 atom stereocenters. The molecule has 4 N–H and O–H groups in total. The molecule has 3 heterocycles. The summed E-state index contributed by atoms with van der Waals surface area (Å²) in [7, 11) is 3.90. The molecule has 2 bridgehead atoms. The van der Waals surface area contributed by atoms with Crippen LogP contribution in [0.3, 0.4) is 0 Å². The van der Waals surface area contributed by atoms with E-state index >= 15 is 0 Å². The van der Waals surface area contributed by atoms with Gasteiger partial charge in [-0.05, 0) is 64.6 Å². The molecule has 0 saturated heterocycles. The van der Waals surface area contributed by atoms with E-state index in [1.54, 1.807) is 18.5 Å². The minimum Gasteiger partial charge on any atom is -0.473 e. The van der Waals surface area contributed by atoms with Crippen LogP contribution in [0.25, 0.3) is 28.1 Å². The summed E-state index contributed by atoms with van der Waals surface area (Å²) in [5, 5.41) is 23.2. The van der Waals surface area contributed by atoms with Crippen LogP contribution in [0.5, 0.6) is 5.88 Å². The van der Waals surface area contributed by atoms with E-state index in [1.807, 2.05) is 58.4 Å². The van der Waals surface area contributed by atoms with E-state index in [9.17, 15) is 5.11 Å². The third-order valence-corrected chi connectivity index (χ3v) is 5.96. The predicted octanol–water partition coefficient (Wildman–Crippen LogP) is 3.13. The van der Waals surface area contributed by atoms with Gasteiger partial charge in [-0.1, -0.05) is 6.07 Å². The summed E-state index contributed by atoms with van der Waals surface area (Å²) >= 11 is 0. The zero-order valence-corrected chi connectivity index (χ0v) is 21.3. The number of fused-ring (bicyclic) bond motifs is 3. The van der Waals surface area contributed by atoms with Gasteiger partial charge in [-0.3, -0.25) is 15.0 Å². The molecule has 0 amide bonds. The van der Waals surface area contributed by atoms with E-state index in [0.717, 1.165) is 44.9 Å². The van der Waals surface area contributed by atoms with Crippen molar-refractivity contribution in [2.75, 3.05) is 26.7 Å². The van der Waals surface area contributed by atoms with Gasteiger partial charge in [-0.2, -0.15) is 10.2 Å². The Bertz CT molecular complexity index is 1310. The van der Waals surface area contributed by atoms with Gasteiger partial charge in [0.2, 0.25) is 5.88 Å². The van der Waals surface area contributed by atoms with Gasteiger partial charge < -0.3 is 15.6 Å². The fraction of sp³-hybridized carbons (Fsp3) is 0.423. The Morgan fingerprint density at radius 3 is 2.83 bits per heavy atom. The monoisotopic (exact) mass is 477 g/mol. The Morgan fingerprint density at radius 2 is 2.09 bits per heavy atom. The van der Waals surface area contributed by atoms with E-state index in [0.29, 0.717) is 18.8 Å². The van der Waals surface area contributed by atoms with Crippen LogP contribution in [0, 0.1) is 0 Å². The predicted molar refractivity (Wildman–Crippen MR) is 140 cm³/mol. The first-order valence-corrected chi connectivity index (χ1v) is 11.8. The molecule has 0 radical (unpaired) electrons. The number of aromatic nitrogens is 4. The van der Waals surface area contributed by atoms with Crippen molar-refractivity contribution in [1.82, 2.24) is 24.9 Å². The van der Waals surface area contributed by atoms with Crippen molar-refractivity contribution in [2.24, 2.45) is 17.8 Å². The topological polar surface area (TPSA) is 118 Å². The molecule has 0 spiro atoms. The van der Waals surface area contributed by atoms with E-state index in [2.05, 4.69) is 31.3 Å². The number of benzene rings is 1. The molecular formula is C26H35N7O2. The van der Waals surface area contributed by atoms with Crippen molar-refractivity contribution < 1.29 is 9.84 Å². The number of hydrogen-bond donors (Lipinski definition) is 3. The molecule has 1 aliphatic rings. The fourth-order valence-corrected chi connectivity index (χ4v) is 4.22. The highest BCUT2D eigenvalue weighted by molar-refractivity contribution is 6.03. The van der Waals surface area contributed by atoms with Crippen LogP contribution < -0.4 is 10.5 Å². The highest BCUT2D eigenvalue weighted by Crippen LogP contribution is 2.33. The molecule has 0 aliphatic carbocycles. The van der Waals surface area contributed by atoms with Crippen LogP contribution in [0.2, 0.25) is 0 Å². The normalized spacial score (nSPS) is 21.5. The number of likely N-dealkylation sites (N-methyl/N-ethyl adjacent to an activating group) is 1. The Hall–Kier alpha value is -3.43. The molecule has 1 unspecified atom stereocenters. The number of aliphatic imine (C=N–C) groups is 1. The number of nitrogens with one attached hydrogen (secondary N) is 1. The standard InChI is InChI=1S/C26H35N7O2/c1-16-13-32(5)14-22(27)19(17(2)28-15-26(3,4)34)8-10-24-20-11-18(7-9-23(20)30-31-24)21-12-29-33(6)25(21)35-16/h7-12,16,34H,13-15,27H2,1-6H3,(H,30,31)/b10-8+,22-19-,28-17?. The lowest BCUT2D eigenvalue weighted by molar-refractivity contribution is 0.0904. The van der Waals surface area contributed by atoms with Gasteiger partial charge in [-0.15, -0.1) is 0 Å². The quantitative estimate of drug-likeness (QED) is 0.499. The van der Waals surface area contributed by atoms with Crippen molar-refractivity contribution in [2.45, 2.75) is 39.4 Å². The van der Waals surface area contributed by atoms with Gasteiger partial charge in [0.15, 0.2) is 0 Å². The molecule has 1 aromatic carbocycles. The number of aryl methyl sites for hydroxylation is 1. The van der Waals surface area contributed by atoms with E-state index in [4.69, 9.17) is 10.5 Å². The second kappa shape index (κ2) is 9.67. The largest absolute Gasteiger partial charge is 0.473 e. The minimum absolute atomic E-state index is 0.0933. The average molecular weight is 478 g/mol. The van der Waals surface area contributed by atoms with Crippen LogP contribution in [0.15, 0.2) is 46.7 Å². The van der Waals surface area contributed by atoms with Crippen molar-refractivity contribution in [3.05, 3.63) is 47.4 Å². The first-order chi connectivity index (χ1) is 16.5. The highest BCUT2D eigenvalue weighted by Gasteiger charge is 2.19. The summed E-state index contributed by atoms with van der Waals surface area (Å²) in [6.07, 6.45) is 5.69. The number of allylic oxidation sites excluding steroid dienone is 2. The van der Waals surface area contributed by atoms with Gasteiger partial charge >= 0.3 is 0 Å². The van der Waals surface area contributed by atoms with E-state index in [-0.39, 0.29) is 12.6 Å². The van der Waals surface area contributed by atoms with Crippen molar-refractivity contribution in [3.63, 3.8) is 0 Å². The summed E-state index contributed by atoms with van der Waals surface area (Å²) < 4.78 is 8.12. The molecule has 9 nitrogen and oxygen atoms in total. The SMILES string of the molecule is CC(=NCC(C)(C)O)C1=C(\N)CN(C)CC(C)Oc2c(cnn2C)-c2ccc3n[nH]c(c3c2)\C=C\1. The lowest BCUT2D eigenvalue weighted by atomic mass is 10.0. The van der Waals surface area contributed by atoms with Crippen LogP contribution in [-0.2, 0) is 7.05 Å². The Kier molecular flexibility index (Phi) is 6.82. The number of rotatable bonds is 3.